The molecule has 1 saturated heterocycles. The Bertz CT molecular complexity index is 941. The van der Waals surface area contributed by atoms with E-state index in [1.165, 1.54) is 4.31 Å². The molecule has 1 saturated carbocycles. The van der Waals surface area contributed by atoms with E-state index >= 15 is 0 Å². The molecule has 0 unspecified atom stereocenters. The Kier molecular flexibility index (Phi) is 4.74. The second kappa shape index (κ2) is 6.93. The van der Waals surface area contributed by atoms with Crippen LogP contribution in [0, 0.1) is 0 Å². The van der Waals surface area contributed by atoms with Gasteiger partial charge in [0.1, 0.15) is 0 Å². The SMILES string of the molecule is O=C(N[C@@H]1CCN(S(=O)(=O)c2ccccc2)C1)C1(c2ccc(Cl)cc2)CC1. The molecule has 142 valence electrons. The molecule has 2 aromatic rings. The third-order valence-electron chi connectivity index (χ3n) is 5.45. The van der Waals surface area contributed by atoms with Gasteiger partial charge in [-0.25, -0.2) is 8.42 Å². The molecule has 2 aromatic carbocycles. The van der Waals surface area contributed by atoms with Gasteiger partial charge in [-0.3, -0.25) is 4.79 Å². The molecule has 1 heterocycles. The number of rotatable bonds is 5. The van der Waals surface area contributed by atoms with Crippen molar-refractivity contribution in [2.75, 3.05) is 13.1 Å². The van der Waals surface area contributed by atoms with Crippen LogP contribution in [0.1, 0.15) is 24.8 Å². The van der Waals surface area contributed by atoms with E-state index in [2.05, 4.69) is 5.32 Å². The zero-order valence-electron chi connectivity index (χ0n) is 14.8. The minimum absolute atomic E-state index is 0.0196. The second-order valence-electron chi connectivity index (χ2n) is 7.22. The van der Waals surface area contributed by atoms with Crippen LogP contribution in [0.3, 0.4) is 0 Å². The summed E-state index contributed by atoms with van der Waals surface area (Å²) in [4.78, 5) is 13.2. The van der Waals surface area contributed by atoms with Crippen LogP contribution in [-0.4, -0.2) is 37.8 Å². The molecule has 1 aliphatic carbocycles. The fourth-order valence-corrected chi connectivity index (χ4v) is 5.32. The van der Waals surface area contributed by atoms with Crippen LogP contribution in [0.15, 0.2) is 59.5 Å². The van der Waals surface area contributed by atoms with Crippen molar-refractivity contribution >= 4 is 27.5 Å². The third-order valence-corrected chi connectivity index (χ3v) is 7.58. The van der Waals surface area contributed by atoms with E-state index in [1.54, 1.807) is 42.5 Å². The van der Waals surface area contributed by atoms with Crippen molar-refractivity contribution in [2.24, 2.45) is 0 Å². The lowest BCUT2D eigenvalue weighted by molar-refractivity contribution is -0.124. The highest BCUT2D eigenvalue weighted by Gasteiger charge is 2.52. The van der Waals surface area contributed by atoms with Crippen molar-refractivity contribution in [1.82, 2.24) is 9.62 Å². The highest BCUT2D eigenvalue weighted by molar-refractivity contribution is 7.89. The van der Waals surface area contributed by atoms with Gasteiger partial charge in [0.2, 0.25) is 15.9 Å². The fourth-order valence-electron chi connectivity index (χ4n) is 3.67. The van der Waals surface area contributed by atoms with Crippen LogP contribution in [0.2, 0.25) is 5.02 Å². The highest BCUT2D eigenvalue weighted by Crippen LogP contribution is 2.48. The molecule has 2 aliphatic rings. The molecular weight excluding hydrogens is 384 g/mol. The Hall–Kier alpha value is -1.89. The number of halogens is 1. The number of hydrogen-bond donors (Lipinski definition) is 1. The third kappa shape index (κ3) is 3.49. The van der Waals surface area contributed by atoms with Crippen LogP contribution >= 0.6 is 11.6 Å². The lowest BCUT2D eigenvalue weighted by Crippen LogP contribution is -2.43. The average Bonchev–Trinajstić information content (AvgIpc) is 3.35. The van der Waals surface area contributed by atoms with E-state index in [9.17, 15) is 13.2 Å². The molecule has 0 spiro atoms. The van der Waals surface area contributed by atoms with Gasteiger partial charge in [0, 0.05) is 24.2 Å². The summed E-state index contributed by atoms with van der Waals surface area (Å²) in [6.45, 7) is 0.718. The summed E-state index contributed by atoms with van der Waals surface area (Å²) < 4.78 is 26.9. The van der Waals surface area contributed by atoms with Gasteiger partial charge in [-0.15, -0.1) is 0 Å². The summed E-state index contributed by atoms with van der Waals surface area (Å²) in [6.07, 6.45) is 2.23. The Morgan fingerprint density at radius 2 is 1.74 bits per heavy atom. The number of sulfonamides is 1. The Morgan fingerprint density at radius 1 is 1.07 bits per heavy atom. The van der Waals surface area contributed by atoms with E-state index in [-0.39, 0.29) is 16.8 Å². The Morgan fingerprint density at radius 3 is 2.37 bits per heavy atom. The van der Waals surface area contributed by atoms with Crippen molar-refractivity contribution in [3.05, 3.63) is 65.2 Å². The Labute approximate surface area is 164 Å². The number of carbonyl (C=O) groups is 1. The summed E-state index contributed by atoms with van der Waals surface area (Å²) in [5.74, 6) is -0.0196. The van der Waals surface area contributed by atoms with Gasteiger partial charge < -0.3 is 5.32 Å². The first-order chi connectivity index (χ1) is 12.9. The lowest BCUT2D eigenvalue weighted by atomic mass is 9.94. The summed E-state index contributed by atoms with van der Waals surface area (Å²) in [6, 6.07) is 15.6. The number of amides is 1. The van der Waals surface area contributed by atoms with Crippen LogP contribution < -0.4 is 5.32 Å². The fraction of sp³-hybridized carbons (Fsp3) is 0.350. The molecule has 0 aromatic heterocycles. The normalized spacial score (nSPS) is 21.7. The van der Waals surface area contributed by atoms with E-state index < -0.39 is 15.4 Å². The minimum atomic E-state index is -3.52. The summed E-state index contributed by atoms with van der Waals surface area (Å²) >= 11 is 5.95. The lowest BCUT2D eigenvalue weighted by Gasteiger charge is -2.20. The van der Waals surface area contributed by atoms with Crippen LogP contribution in [0.5, 0.6) is 0 Å². The molecule has 0 radical (unpaired) electrons. The maximum absolute atomic E-state index is 12.9. The predicted octanol–water partition coefficient (Wildman–Crippen LogP) is 2.95. The molecule has 0 bridgehead atoms. The van der Waals surface area contributed by atoms with E-state index in [1.807, 2.05) is 12.1 Å². The van der Waals surface area contributed by atoms with Crippen molar-refractivity contribution in [3.63, 3.8) is 0 Å². The summed E-state index contributed by atoms with van der Waals surface area (Å²) in [5, 5.41) is 3.72. The van der Waals surface area contributed by atoms with Gasteiger partial charge in [-0.1, -0.05) is 41.9 Å². The predicted molar refractivity (Wildman–Crippen MR) is 104 cm³/mol. The smallest absolute Gasteiger partial charge is 0.243 e. The standard InChI is InChI=1S/C20H21ClN2O3S/c21-16-8-6-15(7-9-16)20(11-12-20)19(24)22-17-10-13-23(14-17)27(25,26)18-4-2-1-3-5-18/h1-9,17H,10-14H2,(H,22,24)/t17-/m1/s1. The summed E-state index contributed by atoms with van der Waals surface area (Å²) in [7, 11) is -3.52. The zero-order chi connectivity index (χ0) is 19.1. The van der Waals surface area contributed by atoms with Gasteiger partial charge in [-0.2, -0.15) is 4.31 Å². The van der Waals surface area contributed by atoms with Gasteiger partial charge in [0.05, 0.1) is 10.3 Å². The zero-order valence-corrected chi connectivity index (χ0v) is 16.3. The maximum Gasteiger partial charge on any atom is 0.243 e. The van der Waals surface area contributed by atoms with Crippen LogP contribution in [0.4, 0.5) is 0 Å². The number of nitrogens with zero attached hydrogens (tertiary/aromatic N) is 1. The molecule has 1 amide bonds. The first-order valence-corrected chi connectivity index (χ1v) is 10.9. The molecule has 1 aliphatic heterocycles. The van der Waals surface area contributed by atoms with Gasteiger partial charge in [-0.05, 0) is 49.1 Å². The first-order valence-electron chi connectivity index (χ1n) is 9.04. The van der Waals surface area contributed by atoms with Crippen molar-refractivity contribution in [3.8, 4) is 0 Å². The topological polar surface area (TPSA) is 66.5 Å². The molecule has 1 N–H and O–H groups in total. The largest absolute Gasteiger partial charge is 0.351 e. The molecule has 27 heavy (non-hydrogen) atoms. The van der Waals surface area contributed by atoms with Gasteiger partial charge in [0.15, 0.2) is 0 Å². The van der Waals surface area contributed by atoms with Gasteiger partial charge >= 0.3 is 0 Å². The van der Waals surface area contributed by atoms with Gasteiger partial charge in [0.25, 0.3) is 0 Å². The monoisotopic (exact) mass is 404 g/mol. The quantitative estimate of drug-likeness (QED) is 0.833. The first kappa shape index (κ1) is 18.5. The molecule has 1 atom stereocenters. The molecule has 2 fully saturated rings. The maximum atomic E-state index is 12.9. The highest BCUT2D eigenvalue weighted by atomic mass is 35.5. The number of benzene rings is 2. The Balaban J connectivity index is 1.43. The molecule has 5 nitrogen and oxygen atoms in total. The molecule has 7 heteroatoms. The number of nitrogens with one attached hydrogen (secondary N) is 1. The van der Waals surface area contributed by atoms with Crippen molar-refractivity contribution in [1.29, 1.82) is 0 Å². The van der Waals surface area contributed by atoms with Crippen LogP contribution in [-0.2, 0) is 20.2 Å². The van der Waals surface area contributed by atoms with Crippen molar-refractivity contribution < 1.29 is 13.2 Å². The van der Waals surface area contributed by atoms with E-state index in [0.717, 1.165) is 18.4 Å². The molecular formula is C20H21ClN2O3S. The average molecular weight is 405 g/mol. The molecule has 4 rings (SSSR count). The minimum Gasteiger partial charge on any atom is -0.351 e. The number of hydrogen-bond acceptors (Lipinski definition) is 3. The summed E-state index contributed by atoms with van der Waals surface area (Å²) in [5.41, 5.74) is 0.479. The number of carbonyl (C=O) groups excluding carboxylic acids is 1. The van der Waals surface area contributed by atoms with E-state index in [0.29, 0.717) is 24.5 Å². The van der Waals surface area contributed by atoms with E-state index in [4.69, 9.17) is 11.6 Å². The second-order valence-corrected chi connectivity index (χ2v) is 9.60. The van der Waals surface area contributed by atoms with Crippen molar-refractivity contribution in [2.45, 2.75) is 35.6 Å². The van der Waals surface area contributed by atoms with Crippen LogP contribution in [0.25, 0.3) is 0 Å².